The van der Waals surface area contributed by atoms with Gasteiger partial charge in [0.2, 0.25) is 5.91 Å². The number of carbonyl (C=O) groups excluding carboxylic acids is 4. The molecule has 1 aromatic heterocycles. The summed E-state index contributed by atoms with van der Waals surface area (Å²) in [6, 6.07) is 6.75. The van der Waals surface area contributed by atoms with E-state index in [9.17, 15) is 19.2 Å². The minimum absolute atomic E-state index is 0.000474. The van der Waals surface area contributed by atoms with Crippen molar-refractivity contribution in [3.8, 4) is 0 Å². The number of nitrogens with one attached hydrogen (secondary N) is 1. The molecule has 2 heterocycles. The standard InChI is InChI=1S/C25H30N4O4/c1-3-27(4-2)22(30)16-28-15-17(19-12-8-9-13-21(19)28)14-20-23(31)26-25(33)29(24(20)32)18-10-6-5-7-11-18/h8-9,12-15,18H,3-7,10-11,16H2,1-2H3,(H,26,31,33)/b20-14+. The Morgan fingerprint density at radius 2 is 1.79 bits per heavy atom. The van der Waals surface area contributed by atoms with E-state index >= 15 is 0 Å². The minimum Gasteiger partial charge on any atom is -0.342 e. The molecule has 0 unspecified atom stereocenters. The largest absolute Gasteiger partial charge is 0.342 e. The Labute approximate surface area is 193 Å². The van der Waals surface area contributed by atoms with E-state index in [0.717, 1.165) is 43.0 Å². The second-order valence-electron chi connectivity index (χ2n) is 8.58. The molecule has 1 N–H and O–H groups in total. The van der Waals surface area contributed by atoms with Crippen molar-refractivity contribution in [3.05, 3.63) is 41.6 Å². The van der Waals surface area contributed by atoms with E-state index < -0.39 is 17.8 Å². The van der Waals surface area contributed by atoms with Crippen molar-refractivity contribution < 1.29 is 19.2 Å². The van der Waals surface area contributed by atoms with Crippen molar-refractivity contribution in [2.75, 3.05) is 13.1 Å². The third kappa shape index (κ3) is 4.42. The summed E-state index contributed by atoms with van der Waals surface area (Å²) in [5.41, 5.74) is 1.45. The summed E-state index contributed by atoms with van der Waals surface area (Å²) in [4.78, 5) is 54.0. The second kappa shape index (κ2) is 9.60. The molecule has 0 spiro atoms. The Morgan fingerprint density at radius 3 is 2.48 bits per heavy atom. The van der Waals surface area contributed by atoms with Crippen LogP contribution in [-0.2, 0) is 20.9 Å². The molecule has 1 aliphatic heterocycles. The first-order chi connectivity index (χ1) is 15.9. The van der Waals surface area contributed by atoms with Crippen LogP contribution < -0.4 is 5.32 Å². The number of benzene rings is 1. The molecule has 2 aromatic rings. The van der Waals surface area contributed by atoms with E-state index in [-0.39, 0.29) is 24.1 Å². The first kappa shape index (κ1) is 22.8. The van der Waals surface area contributed by atoms with Gasteiger partial charge in [-0.3, -0.25) is 24.6 Å². The van der Waals surface area contributed by atoms with Crippen LogP contribution in [0.25, 0.3) is 17.0 Å². The maximum Gasteiger partial charge on any atom is 0.331 e. The van der Waals surface area contributed by atoms with Gasteiger partial charge in [-0.1, -0.05) is 37.5 Å². The molecule has 1 saturated carbocycles. The Hall–Kier alpha value is -3.42. The van der Waals surface area contributed by atoms with E-state index in [2.05, 4.69) is 5.32 Å². The molecule has 1 saturated heterocycles. The normalized spacial score (nSPS) is 18.8. The molecule has 8 heteroatoms. The molecule has 2 fully saturated rings. The SMILES string of the molecule is CCN(CC)C(=O)Cn1cc(/C=C2\C(=O)NC(=O)N(C3CCCCC3)C2=O)c2ccccc21. The van der Waals surface area contributed by atoms with Crippen molar-refractivity contribution in [3.63, 3.8) is 0 Å². The van der Waals surface area contributed by atoms with Crippen LogP contribution in [0.5, 0.6) is 0 Å². The molecule has 0 atom stereocenters. The molecule has 5 amide bonds. The van der Waals surface area contributed by atoms with E-state index in [1.807, 2.05) is 42.7 Å². The summed E-state index contributed by atoms with van der Waals surface area (Å²) in [6.45, 7) is 5.31. The number of urea groups is 1. The van der Waals surface area contributed by atoms with Crippen LogP contribution in [0, 0.1) is 0 Å². The number of carbonyl (C=O) groups is 4. The molecule has 1 aliphatic carbocycles. The van der Waals surface area contributed by atoms with Crippen LogP contribution in [0.4, 0.5) is 4.79 Å². The van der Waals surface area contributed by atoms with Gasteiger partial charge in [0.1, 0.15) is 12.1 Å². The third-order valence-corrected chi connectivity index (χ3v) is 6.61. The number of hydrogen-bond acceptors (Lipinski definition) is 4. The number of fused-ring (bicyclic) bond motifs is 1. The number of nitrogens with zero attached hydrogens (tertiary/aromatic N) is 3. The highest BCUT2D eigenvalue weighted by molar-refractivity contribution is 6.31. The van der Waals surface area contributed by atoms with Gasteiger partial charge in [0.15, 0.2) is 0 Å². The summed E-state index contributed by atoms with van der Waals surface area (Å²) in [5, 5.41) is 3.17. The van der Waals surface area contributed by atoms with Gasteiger partial charge in [-0.05, 0) is 38.8 Å². The molecular weight excluding hydrogens is 420 g/mol. The Morgan fingerprint density at radius 1 is 1.09 bits per heavy atom. The predicted octanol–water partition coefficient (Wildman–Crippen LogP) is 3.30. The number of hydrogen-bond donors (Lipinski definition) is 1. The van der Waals surface area contributed by atoms with Crippen LogP contribution in [0.2, 0.25) is 0 Å². The topological polar surface area (TPSA) is 91.7 Å². The smallest absolute Gasteiger partial charge is 0.331 e. The van der Waals surface area contributed by atoms with Crippen molar-refractivity contribution in [1.29, 1.82) is 0 Å². The average molecular weight is 451 g/mol. The molecule has 4 rings (SSSR count). The molecule has 1 aromatic carbocycles. The number of para-hydroxylation sites is 1. The van der Waals surface area contributed by atoms with Crippen LogP contribution in [-0.4, -0.2) is 57.3 Å². The highest BCUT2D eigenvalue weighted by atomic mass is 16.2. The van der Waals surface area contributed by atoms with Gasteiger partial charge in [0.05, 0.1) is 0 Å². The van der Waals surface area contributed by atoms with E-state index in [1.165, 1.54) is 4.90 Å². The van der Waals surface area contributed by atoms with Gasteiger partial charge < -0.3 is 9.47 Å². The molecule has 0 bridgehead atoms. The minimum atomic E-state index is -0.687. The predicted molar refractivity (Wildman–Crippen MR) is 125 cm³/mol. The lowest BCUT2D eigenvalue weighted by Gasteiger charge is -2.35. The first-order valence-electron chi connectivity index (χ1n) is 11.7. The average Bonchev–Trinajstić information content (AvgIpc) is 3.15. The van der Waals surface area contributed by atoms with Gasteiger partial charge in [-0.2, -0.15) is 0 Å². The summed E-state index contributed by atoms with van der Waals surface area (Å²) in [6.07, 6.45) is 7.86. The van der Waals surface area contributed by atoms with Crippen molar-refractivity contribution in [1.82, 2.24) is 19.7 Å². The maximum atomic E-state index is 13.2. The third-order valence-electron chi connectivity index (χ3n) is 6.61. The Kier molecular flexibility index (Phi) is 6.62. The van der Waals surface area contributed by atoms with Crippen LogP contribution in [0.15, 0.2) is 36.0 Å². The lowest BCUT2D eigenvalue weighted by Crippen LogP contribution is -2.58. The van der Waals surface area contributed by atoms with Gasteiger partial charge >= 0.3 is 6.03 Å². The number of rotatable bonds is 6. The van der Waals surface area contributed by atoms with Crippen molar-refractivity contribution in [2.45, 2.75) is 58.5 Å². The summed E-state index contributed by atoms with van der Waals surface area (Å²) >= 11 is 0. The van der Waals surface area contributed by atoms with Gasteiger partial charge in [0, 0.05) is 41.8 Å². The van der Waals surface area contributed by atoms with E-state index in [4.69, 9.17) is 0 Å². The van der Waals surface area contributed by atoms with E-state index in [1.54, 1.807) is 17.2 Å². The van der Waals surface area contributed by atoms with Crippen LogP contribution >= 0.6 is 0 Å². The van der Waals surface area contributed by atoms with Crippen molar-refractivity contribution >= 4 is 40.7 Å². The molecule has 2 aliphatic rings. The molecule has 0 radical (unpaired) electrons. The number of aromatic nitrogens is 1. The van der Waals surface area contributed by atoms with Gasteiger partial charge in [-0.25, -0.2) is 4.79 Å². The zero-order valence-corrected chi connectivity index (χ0v) is 19.2. The molecule has 174 valence electrons. The highest BCUT2D eigenvalue weighted by Crippen LogP contribution is 2.28. The quantitative estimate of drug-likeness (QED) is 0.540. The maximum absolute atomic E-state index is 13.2. The fourth-order valence-corrected chi connectivity index (χ4v) is 4.84. The highest BCUT2D eigenvalue weighted by Gasteiger charge is 2.40. The monoisotopic (exact) mass is 450 g/mol. The summed E-state index contributed by atoms with van der Waals surface area (Å²) < 4.78 is 1.84. The zero-order valence-electron chi connectivity index (χ0n) is 19.2. The Bertz CT molecular complexity index is 1120. The van der Waals surface area contributed by atoms with Crippen molar-refractivity contribution in [2.24, 2.45) is 0 Å². The molecule has 33 heavy (non-hydrogen) atoms. The van der Waals surface area contributed by atoms with Crippen LogP contribution in [0.3, 0.4) is 0 Å². The summed E-state index contributed by atoms with van der Waals surface area (Å²) in [5.74, 6) is -1.24. The first-order valence-corrected chi connectivity index (χ1v) is 11.7. The molecular formula is C25H30N4O4. The molecule has 8 nitrogen and oxygen atoms in total. The zero-order chi connectivity index (χ0) is 23.5. The van der Waals surface area contributed by atoms with E-state index in [0.29, 0.717) is 18.7 Å². The lowest BCUT2D eigenvalue weighted by atomic mass is 9.93. The van der Waals surface area contributed by atoms with Gasteiger partial charge in [-0.15, -0.1) is 0 Å². The van der Waals surface area contributed by atoms with Gasteiger partial charge in [0.25, 0.3) is 11.8 Å². The number of amides is 5. The Balaban J connectivity index is 1.70. The number of imide groups is 2. The summed E-state index contributed by atoms with van der Waals surface area (Å²) in [7, 11) is 0. The fraction of sp³-hybridized carbons (Fsp3) is 0.440. The lowest BCUT2D eigenvalue weighted by molar-refractivity contribution is -0.132. The fourth-order valence-electron chi connectivity index (χ4n) is 4.84. The number of likely N-dealkylation sites (N-methyl/N-ethyl adjacent to an activating group) is 1. The number of barbiturate groups is 1. The van der Waals surface area contributed by atoms with Crippen LogP contribution in [0.1, 0.15) is 51.5 Å². The second-order valence-corrected chi connectivity index (χ2v) is 8.58.